The average Bonchev–Trinajstić information content (AvgIpc) is 2.71. The first-order chi connectivity index (χ1) is 14.4. The molecular formula is C20H18Cl2FN3O3S. The van der Waals surface area contributed by atoms with Gasteiger partial charge in [-0.3, -0.25) is 14.2 Å². The lowest BCUT2D eigenvalue weighted by Crippen LogP contribution is -2.25. The summed E-state index contributed by atoms with van der Waals surface area (Å²) in [6.07, 6.45) is 0.602. The molecule has 0 fully saturated rings. The number of rotatable bonds is 8. The van der Waals surface area contributed by atoms with Crippen molar-refractivity contribution in [2.45, 2.75) is 18.1 Å². The molecule has 0 unspecified atom stereocenters. The Morgan fingerprint density at radius 1 is 1.23 bits per heavy atom. The number of nitrogens with zero attached hydrogens (tertiary/aromatic N) is 2. The summed E-state index contributed by atoms with van der Waals surface area (Å²) < 4.78 is 20.4. The van der Waals surface area contributed by atoms with Crippen LogP contribution >= 0.6 is 35.0 Å². The Hall–Kier alpha value is -2.13. The van der Waals surface area contributed by atoms with E-state index >= 15 is 0 Å². The number of fused-ring (bicyclic) bond motifs is 1. The summed E-state index contributed by atoms with van der Waals surface area (Å²) in [5.74, 6) is -1.12. The molecule has 158 valence electrons. The van der Waals surface area contributed by atoms with Crippen molar-refractivity contribution < 1.29 is 13.9 Å². The molecule has 3 aromatic rings. The predicted molar refractivity (Wildman–Crippen MR) is 118 cm³/mol. The highest BCUT2D eigenvalue weighted by Crippen LogP contribution is 2.23. The number of halogens is 3. The minimum absolute atomic E-state index is 0.0103. The van der Waals surface area contributed by atoms with Crippen LogP contribution in [-0.2, 0) is 16.1 Å². The Bertz CT molecular complexity index is 1140. The van der Waals surface area contributed by atoms with Crippen LogP contribution in [0.15, 0.2) is 46.3 Å². The number of aromatic nitrogens is 2. The second-order valence-corrected chi connectivity index (χ2v) is 8.14. The van der Waals surface area contributed by atoms with E-state index in [1.165, 1.54) is 22.8 Å². The number of nitrogens with one attached hydrogen (secondary N) is 1. The van der Waals surface area contributed by atoms with Gasteiger partial charge in [0.1, 0.15) is 5.82 Å². The zero-order chi connectivity index (χ0) is 21.7. The van der Waals surface area contributed by atoms with E-state index in [2.05, 4.69) is 10.3 Å². The molecule has 10 heteroatoms. The van der Waals surface area contributed by atoms with E-state index in [1.54, 1.807) is 25.3 Å². The molecule has 0 aliphatic carbocycles. The van der Waals surface area contributed by atoms with E-state index in [0.717, 1.165) is 11.8 Å². The van der Waals surface area contributed by atoms with Gasteiger partial charge < -0.3 is 10.1 Å². The second kappa shape index (κ2) is 10.3. The van der Waals surface area contributed by atoms with Crippen molar-refractivity contribution in [2.24, 2.45) is 0 Å². The van der Waals surface area contributed by atoms with Gasteiger partial charge in [0.15, 0.2) is 5.16 Å². The lowest BCUT2D eigenvalue weighted by atomic mass is 10.2. The molecule has 0 spiro atoms. The van der Waals surface area contributed by atoms with Crippen LogP contribution in [0.4, 0.5) is 10.1 Å². The Kier molecular flexibility index (Phi) is 7.71. The predicted octanol–water partition coefficient (Wildman–Crippen LogP) is 4.61. The highest BCUT2D eigenvalue weighted by molar-refractivity contribution is 7.99. The fourth-order valence-corrected chi connectivity index (χ4v) is 3.92. The molecule has 0 saturated carbocycles. The summed E-state index contributed by atoms with van der Waals surface area (Å²) in [5.41, 5.74) is 0.208. The van der Waals surface area contributed by atoms with Gasteiger partial charge in [0.25, 0.3) is 5.56 Å². The van der Waals surface area contributed by atoms with Gasteiger partial charge in [-0.15, -0.1) is 0 Å². The Labute approximate surface area is 186 Å². The zero-order valence-corrected chi connectivity index (χ0v) is 18.3. The van der Waals surface area contributed by atoms with Crippen LogP contribution in [0.5, 0.6) is 0 Å². The van der Waals surface area contributed by atoms with Crippen LogP contribution in [-0.4, -0.2) is 34.9 Å². The van der Waals surface area contributed by atoms with Crippen LogP contribution in [0.2, 0.25) is 10.0 Å². The number of thioether (sulfide) groups is 1. The Balaban J connectivity index is 1.84. The Morgan fingerprint density at radius 3 is 2.73 bits per heavy atom. The van der Waals surface area contributed by atoms with Gasteiger partial charge in [-0.1, -0.05) is 35.0 Å². The minimum Gasteiger partial charge on any atom is -0.385 e. The number of benzene rings is 2. The molecular weight excluding hydrogens is 452 g/mol. The average molecular weight is 470 g/mol. The van der Waals surface area contributed by atoms with Crippen molar-refractivity contribution in [3.8, 4) is 0 Å². The van der Waals surface area contributed by atoms with Crippen molar-refractivity contribution in [2.75, 3.05) is 24.8 Å². The third kappa shape index (κ3) is 5.51. The lowest BCUT2D eigenvalue weighted by molar-refractivity contribution is -0.113. The van der Waals surface area contributed by atoms with E-state index in [0.29, 0.717) is 45.7 Å². The molecule has 30 heavy (non-hydrogen) atoms. The molecule has 0 aliphatic rings. The highest BCUT2D eigenvalue weighted by Gasteiger charge is 2.15. The van der Waals surface area contributed by atoms with E-state index < -0.39 is 11.7 Å². The van der Waals surface area contributed by atoms with Crippen LogP contribution in [0.3, 0.4) is 0 Å². The maximum atomic E-state index is 13.8. The molecule has 2 aromatic carbocycles. The van der Waals surface area contributed by atoms with Gasteiger partial charge in [0.2, 0.25) is 5.91 Å². The zero-order valence-electron chi connectivity index (χ0n) is 16.0. The number of ether oxygens (including phenoxy) is 1. The molecule has 0 aliphatic heterocycles. The number of hydrogen-bond acceptors (Lipinski definition) is 5. The third-order valence-electron chi connectivity index (χ3n) is 4.15. The van der Waals surface area contributed by atoms with Gasteiger partial charge in [0.05, 0.1) is 22.3 Å². The molecule has 3 rings (SSSR count). The summed E-state index contributed by atoms with van der Waals surface area (Å²) in [6.45, 7) is 0.856. The summed E-state index contributed by atoms with van der Waals surface area (Å²) >= 11 is 13.0. The number of anilines is 1. The first-order valence-corrected chi connectivity index (χ1v) is 10.7. The first kappa shape index (κ1) is 22.6. The van der Waals surface area contributed by atoms with E-state index in [-0.39, 0.29) is 17.0 Å². The number of amides is 1. The van der Waals surface area contributed by atoms with Gasteiger partial charge in [-0.25, -0.2) is 9.37 Å². The smallest absolute Gasteiger partial charge is 0.262 e. The fraction of sp³-hybridized carbons (Fsp3) is 0.250. The SMILES string of the molecule is COCCCn1c(SCC(=O)Nc2cc(Cl)ccc2F)nc2cc(Cl)ccc2c1=O. The van der Waals surface area contributed by atoms with Crippen molar-refractivity contribution in [1.82, 2.24) is 9.55 Å². The molecule has 1 N–H and O–H groups in total. The summed E-state index contributed by atoms with van der Waals surface area (Å²) in [7, 11) is 1.58. The quantitative estimate of drug-likeness (QED) is 0.296. The molecule has 6 nitrogen and oxygen atoms in total. The Morgan fingerprint density at radius 2 is 1.97 bits per heavy atom. The van der Waals surface area contributed by atoms with Gasteiger partial charge in [0, 0.05) is 30.3 Å². The van der Waals surface area contributed by atoms with E-state index in [9.17, 15) is 14.0 Å². The summed E-state index contributed by atoms with van der Waals surface area (Å²) in [4.78, 5) is 29.8. The van der Waals surface area contributed by atoms with Crippen molar-refractivity contribution in [3.63, 3.8) is 0 Å². The number of methoxy groups -OCH3 is 1. The van der Waals surface area contributed by atoms with Crippen LogP contribution in [0.25, 0.3) is 10.9 Å². The molecule has 0 atom stereocenters. The monoisotopic (exact) mass is 469 g/mol. The summed E-state index contributed by atoms with van der Waals surface area (Å²) in [6, 6.07) is 8.76. The topological polar surface area (TPSA) is 73.2 Å². The largest absolute Gasteiger partial charge is 0.385 e. The van der Waals surface area contributed by atoms with Crippen molar-refractivity contribution >= 4 is 57.5 Å². The van der Waals surface area contributed by atoms with Crippen LogP contribution < -0.4 is 10.9 Å². The van der Waals surface area contributed by atoms with Crippen molar-refractivity contribution in [1.29, 1.82) is 0 Å². The highest BCUT2D eigenvalue weighted by atomic mass is 35.5. The maximum Gasteiger partial charge on any atom is 0.262 e. The van der Waals surface area contributed by atoms with Gasteiger partial charge >= 0.3 is 0 Å². The standard InChI is InChI=1S/C20H18Cl2FN3O3S/c1-29-8-2-7-26-19(28)14-5-3-12(21)9-16(14)25-20(26)30-11-18(27)24-17-10-13(22)4-6-15(17)23/h3-6,9-10H,2,7-8,11H2,1H3,(H,24,27). The normalized spacial score (nSPS) is 11.1. The molecule has 0 radical (unpaired) electrons. The van der Waals surface area contributed by atoms with E-state index in [4.69, 9.17) is 27.9 Å². The van der Waals surface area contributed by atoms with Crippen LogP contribution in [0.1, 0.15) is 6.42 Å². The van der Waals surface area contributed by atoms with Gasteiger partial charge in [-0.05, 0) is 42.8 Å². The fourth-order valence-electron chi connectivity index (χ4n) is 2.76. The number of hydrogen-bond donors (Lipinski definition) is 1. The number of carbonyl (C=O) groups is 1. The molecule has 0 bridgehead atoms. The van der Waals surface area contributed by atoms with Crippen LogP contribution in [0, 0.1) is 5.82 Å². The summed E-state index contributed by atoms with van der Waals surface area (Å²) in [5, 5.41) is 4.04. The maximum absolute atomic E-state index is 13.8. The molecule has 1 heterocycles. The number of carbonyl (C=O) groups excluding carboxylic acids is 1. The first-order valence-electron chi connectivity index (χ1n) is 8.96. The third-order valence-corrected chi connectivity index (χ3v) is 5.59. The molecule has 1 amide bonds. The van der Waals surface area contributed by atoms with Gasteiger partial charge in [-0.2, -0.15) is 0 Å². The second-order valence-electron chi connectivity index (χ2n) is 6.32. The molecule has 0 saturated heterocycles. The molecule has 1 aromatic heterocycles. The van der Waals surface area contributed by atoms with E-state index in [1.807, 2.05) is 0 Å². The van der Waals surface area contributed by atoms with Crippen molar-refractivity contribution in [3.05, 3.63) is 62.6 Å². The minimum atomic E-state index is -0.590. The lowest BCUT2D eigenvalue weighted by Gasteiger charge is -2.13.